The van der Waals surface area contributed by atoms with Gasteiger partial charge in [-0.25, -0.2) is 10.4 Å². The molecule has 0 atom stereocenters. The van der Waals surface area contributed by atoms with E-state index in [-0.39, 0.29) is 11.7 Å². The van der Waals surface area contributed by atoms with E-state index in [0.29, 0.717) is 16.9 Å². The summed E-state index contributed by atoms with van der Waals surface area (Å²) >= 11 is 1.52. The molecule has 0 spiro atoms. The third-order valence-electron chi connectivity index (χ3n) is 4.23. The molecule has 0 radical (unpaired) electrons. The number of nitrogens with zero attached hydrogens (tertiary/aromatic N) is 4. The van der Waals surface area contributed by atoms with Crippen molar-refractivity contribution in [3.8, 4) is 11.4 Å². The summed E-state index contributed by atoms with van der Waals surface area (Å²) in [5, 5.41) is 14.7. The number of aromatic hydroxyl groups is 1. The number of hydrogen-bond donors (Lipinski definition) is 2. The fourth-order valence-electron chi connectivity index (χ4n) is 2.64. The second-order valence-corrected chi connectivity index (χ2v) is 6.74. The van der Waals surface area contributed by atoms with E-state index < -0.39 is 5.43 Å². The average Bonchev–Trinajstić information content (AvgIpc) is 3.06. The molecule has 0 saturated carbocycles. The van der Waals surface area contributed by atoms with Gasteiger partial charge >= 0.3 is 0 Å². The van der Waals surface area contributed by atoms with Gasteiger partial charge in [0, 0.05) is 30.6 Å². The average molecular weight is 397 g/mol. The van der Waals surface area contributed by atoms with Gasteiger partial charge in [-0.1, -0.05) is 17.8 Å². The highest BCUT2D eigenvalue weighted by molar-refractivity contribution is 7.98. The molecule has 0 aliphatic rings. The van der Waals surface area contributed by atoms with Gasteiger partial charge in [0.2, 0.25) is 5.43 Å². The Kier molecular flexibility index (Phi) is 5.65. The number of pyridine rings is 1. The lowest BCUT2D eigenvalue weighted by Crippen LogP contribution is -2.18. The fraction of sp³-hybridized carbons (Fsp3) is 0.158. The maximum atomic E-state index is 12.4. The molecule has 8 nitrogen and oxygen atoms in total. The zero-order valence-electron chi connectivity index (χ0n) is 15.6. The van der Waals surface area contributed by atoms with E-state index in [9.17, 15) is 14.7 Å². The lowest BCUT2D eigenvalue weighted by Gasteiger charge is -2.12. The van der Waals surface area contributed by atoms with Crippen LogP contribution in [0.15, 0.2) is 57.8 Å². The van der Waals surface area contributed by atoms with Crippen LogP contribution in [-0.2, 0) is 7.05 Å². The summed E-state index contributed by atoms with van der Waals surface area (Å²) in [6.07, 6.45) is 6.69. The maximum absolute atomic E-state index is 12.4. The number of carbonyl (C=O) groups excluding carboxylic acids is 1. The number of imidazole rings is 1. The predicted octanol–water partition coefficient (Wildman–Crippen LogP) is 2.07. The monoisotopic (exact) mass is 397 g/mol. The number of amides is 1. The number of aromatic nitrogens is 3. The van der Waals surface area contributed by atoms with Crippen LogP contribution in [0, 0.1) is 6.92 Å². The van der Waals surface area contributed by atoms with E-state index in [1.807, 2.05) is 17.9 Å². The Morgan fingerprint density at radius 2 is 2.14 bits per heavy atom. The summed E-state index contributed by atoms with van der Waals surface area (Å²) in [5.74, 6) is -0.698. The highest BCUT2D eigenvalue weighted by Crippen LogP contribution is 2.17. The normalized spacial score (nSPS) is 11.1. The first kappa shape index (κ1) is 19.4. The Balaban J connectivity index is 1.79. The molecule has 3 rings (SSSR count). The minimum absolute atomic E-state index is 0.317. The largest absolute Gasteiger partial charge is 0.503 e. The number of hydrogen-bond acceptors (Lipinski definition) is 6. The third-order valence-corrected chi connectivity index (χ3v) is 4.97. The van der Waals surface area contributed by atoms with E-state index in [1.54, 1.807) is 48.1 Å². The van der Waals surface area contributed by atoms with Gasteiger partial charge in [-0.3, -0.25) is 9.59 Å². The van der Waals surface area contributed by atoms with E-state index in [1.165, 1.54) is 24.0 Å². The van der Waals surface area contributed by atoms with Crippen molar-refractivity contribution in [3.05, 3.63) is 69.9 Å². The molecular formula is C19H19N5O3S. The summed E-state index contributed by atoms with van der Waals surface area (Å²) < 4.78 is 3.50. The van der Waals surface area contributed by atoms with Gasteiger partial charge in [0.25, 0.3) is 5.91 Å². The predicted molar refractivity (Wildman–Crippen MR) is 108 cm³/mol. The molecule has 3 aromatic rings. The second-order valence-electron chi connectivity index (χ2n) is 5.96. The molecule has 1 amide bonds. The first-order valence-corrected chi connectivity index (χ1v) is 9.55. The van der Waals surface area contributed by atoms with E-state index in [4.69, 9.17) is 0 Å². The molecule has 0 bridgehead atoms. The Bertz CT molecular complexity index is 1120. The quantitative estimate of drug-likeness (QED) is 0.390. The molecule has 0 aliphatic carbocycles. The molecule has 9 heteroatoms. The SMILES string of the molecule is CSc1ncc(C=NNC(=O)c2cccc(-n3ccc(=O)c(O)c3C)c2)n1C. The van der Waals surface area contributed by atoms with Crippen LogP contribution in [0.25, 0.3) is 5.69 Å². The van der Waals surface area contributed by atoms with Gasteiger partial charge in [-0.05, 0) is 31.4 Å². The molecule has 0 unspecified atom stereocenters. The Morgan fingerprint density at radius 1 is 1.36 bits per heavy atom. The van der Waals surface area contributed by atoms with Gasteiger partial charge in [0.15, 0.2) is 10.9 Å². The van der Waals surface area contributed by atoms with Gasteiger partial charge in [-0.2, -0.15) is 5.10 Å². The van der Waals surface area contributed by atoms with Gasteiger partial charge in [0.05, 0.1) is 23.8 Å². The Morgan fingerprint density at radius 3 is 2.86 bits per heavy atom. The van der Waals surface area contributed by atoms with E-state index >= 15 is 0 Å². The standard InChI is InChI=1S/C19H19N5O3S/c1-12-17(26)16(25)7-8-24(12)14-6-4-5-13(9-14)18(27)22-21-11-15-10-20-19(28-3)23(15)2/h4-11,26H,1-3H3,(H,22,27). The van der Waals surface area contributed by atoms with Gasteiger partial charge < -0.3 is 14.2 Å². The molecule has 2 aromatic heterocycles. The number of carbonyl (C=O) groups is 1. The summed E-state index contributed by atoms with van der Waals surface area (Å²) in [7, 11) is 1.87. The van der Waals surface area contributed by atoms with Crippen LogP contribution in [0.2, 0.25) is 0 Å². The van der Waals surface area contributed by atoms with Crippen molar-refractivity contribution in [3.63, 3.8) is 0 Å². The molecule has 0 aliphatic heterocycles. The van der Waals surface area contributed by atoms with Crippen molar-refractivity contribution < 1.29 is 9.90 Å². The van der Waals surface area contributed by atoms with Crippen molar-refractivity contribution in [2.75, 3.05) is 6.26 Å². The van der Waals surface area contributed by atoms with Crippen molar-refractivity contribution in [1.29, 1.82) is 0 Å². The van der Waals surface area contributed by atoms with Crippen LogP contribution in [-0.4, -0.2) is 37.6 Å². The van der Waals surface area contributed by atoms with Crippen LogP contribution >= 0.6 is 11.8 Å². The molecule has 144 valence electrons. The highest BCUT2D eigenvalue weighted by Gasteiger charge is 2.10. The van der Waals surface area contributed by atoms with Crippen molar-refractivity contribution in [1.82, 2.24) is 19.5 Å². The number of benzene rings is 1. The number of nitrogens with one attached hydrogen (secondary N) is 1. The van der Waals surface area contributed by atoms with Gasteiger partial charge in [-0.15, -0.1) is 0 Å². The van der Waals surface area contributed by atoms with Crippen LogP contribution in [0.4, 0.5) is 0 Å². The van der Waals surface area contributed by atoms with Crippen LogP contribution in [0.3, 0.4) is 0 Å². The number of rotatable bonds is 5. The first-order chi connectivity index (χ1) is 13.4. The van der Waals surface area contributed by atoms with Crippen molar-refractivity contribution in [2.24, 2.45) is 12.1 Å². The molecule has 2 N–H and O–H groups in total. The number of hydrazone groups is 1. The summed E-state index contributed by atoms with van der Waals surface area (Å²) in [5.41, 5.74) is 4.23. The zero-order chi connectivity index (χ0) is 20.3. The van der Waals surface area contributed by atoms with Crippen LogP contribution < -0.4 is 10.9 Å². The Labute approximate surface area is 165 Å². The summed E-state index contributed by atoms with van der Waals surface area (Å²) in [4.78, 5) is 28.2. The topological polar surface area (TPSA) is 102 Å². The second kappa shape index (κ2) is 8.13. The summed E-state index contributed by atoms with van der Waals surface area (Å²) in [6, 6.07) is 8.07. The highest BCUT2D eigenvalue weighted by atomic mass is 32.2. The molecule has 28 heavy (non-hydrogen) atoms. The lowest BCUT2D eigenvalue weighted by atomic mass is 10.2. The van der Waals surface area contributed by atoms with Crippen molar-refractivity contribution >= 4 is 23.9 Å². The fourth-order valence-corrected chi connectivity index (χ4v) is 3.18. The maximum Gasteiger partial charge on any atom is 0.271 e. The van der Waals surface area contributed by atoms with E-state index in [2.05, 4.69) is 15.5 Å². The minimum atomic E-state index is -0.447. The van der Waals surface area contributed by atoms with Crippen LogP contribution in [0.5, 0.6) is 5.75 Å². The smallest absolute Gasteiger partial charge is 0.271 e. The van der Waals surface area contributed by atoms with Gasteiger partial charge in [0.1, 0.15) is 0 Å². The molecule has 0 saturated heterocycles. The molecule has 1 aromatic carbocycles. The first-order valence-electron chi connectivity index (χ1n) is 8.33. The Hall–Kier alpha value is -3.33. The molecular weight excluding hydrogens is 378 g/mol. The third kappa shape index (κ3) is 3.84. The summed E-state index contributed by atoms with van der Waals surface area (Å²) in [6.45, 7) is 1.63. The minimum Gasteiger partial charge on any atom is -0.503 e. The molecule has 0 fully saturated rings. The lowest BCUT2D eigenvalue weighted by molar-refractivity contribution is 0.0955. The van der Waals surface area contributed by atoms with Crippen molar-refractivity contribution in [2.45, 2.75) is 12.1 Å². The van der Waals surface area contributed by atoms with Crippen LogP contribution in [0.1, 0.15) is 21.7 Å². The number of thioether (sulfide) groups is 1. The zero-order valence-corrected chi connectivity index (χ0v) is 16.4. The molecule has 2 heterocycles. The van der Waals surface area contributed by atoms with E-state index in [0.717, 1.165) is 10.9 Å².